The molecule has 0 saturated heterocycles. The van der Waals surface area contributed by atoms with Gasteiger partial charge in [-0.15, -0.1) is 0 Å². The van der Waals surface area contributed by atoms with Crippen molar-refractivity contribution < 1.29 is 98.3 Å². The largest absolute Gasteiger partial charge is 0.508 e. The summed E-state index contributed by atoms with van der Waals surface area (Å²) in [5, 5.41) is 20.2. The molecule has 0 aliphatic heterocycles. The summed E-state index contributed by atoms with van der Waals surface area (Å²) in [5.74, 6) is 2.15. The number of rotatable bonds is 0. The van der Waals surface area contributed by atoms with E-state index < -0.39 is 0 Å². The van der Waals surface area contributed by atoms with Crippen molar-refractivity contribution in [3.8, 4) is 5.75 Å². The number of phenols is 1. The standard InChI is InChI=1S/C19H24O2.2Ac/c1-11-9-16-14(13-4-3-12(20)10-15(11)13)7-8-19(2)17(16)5-6-18(19)21;;/h3-4,10,14,16-18,20-21H,1,5-9H2,2H3;;/t14?,16?,17?,18-,19-;;/m0../s1. The normalized spacial score (nSPS) is 37.7. The van der Waals surface area contributed by atoms with E-state index in [9.17, 15) is 10.2 Å². The molecular weight excluding hydrogens is 714 g/mol. The van der Waals surface area contributed by atoms with Gasteiger partial charge in [0.2, 0.25) is 0 Å². The Hall–Kier alpha value is 1.60. The summed E-state index contributed by atoms with van der Waals surface area (Å²) >= 11 is 0. The van der Waals surface area contributed by atoms with Gasteiger partial charge >= 0.3 is 0 Å². The molecular formula is C19H24Ac2O2. The number of fused-ring (bicyclic) bond motifs is 5. The number of hydrogen-bond donors (Lipinski definition) is 2. The number of aliphatic hydroxyl groups excluding tert-OH is 1. The first-order valence-corrected chi connectivity index (χ1v) is 8.20. The van der Waals surface area contributed by atoms with E-state index in [0.717, 1.165) is 37.7 Å². The molecule has 0 heterocycles. The van der Waals surface area contributed by atoms with Gasteiger partial charge < -0.3 is 10.2 Å². The molecule has 3 aliphatic carbocycles. The SMILES string of the molecule is C=C1CC2C(CC[C@@]3(C)C2CC[C@@H]3O)c2ccc(O)cc21.[Ac].[Ac]. The molecule has 0 bridgehead atoms. The summed E-state index contributed by atoms with van der Waals surface area (Å²) < 4.78 is 0. The molecule has 23 heavy (non-hydrogen) atoms. The predicted octanol–water partition coefficient (Wildman–Crippen LogP) is 4.08. The zero-order valence-corrected chi connectivity index (χ0v) is 23.3. The van der Waals surface area contributed by atoms with Gasteiger partial charge in [-0.2, -0.15) is 0 Å². The summed E-state index contributed by atoms with van der Waals surface area (Å²) in [5.41, 5.74) is 3.80. The van der Waals surface area contributed by atoms with E-state index in [4.69, 9.17) is 0 Å². The van der Waals surface area contributed by atoms with Crippen molar-refractivity contribution in [2.24, 2.45) is 17.3 Å². The molecule has 4 heteroatoms. The maximum absolute atomic E-state index is 10.4. The fourth-order valence-electron chi connectivity index (χ4n) is 5.50. The Morgan fingerprint density at radius 3 is 2.65 bits per heavy atom. The van der Waals surface area contributed by atoms with E-state index in [1.165, 1.54) is 11.1 Å². The Morgan fingerprint density at radius 1 is 1.17 bits per heavy atom. The minimum absolute atomic E-state index is 0. The summed E-state index contributed by atoms with van der Waals surface area (Å²) in [6.07, 6.45) is 5.28. The first-order chi connectivity index (χ1) is 10.0. The van der Waals surface area contributed by atoms with E-state index in [2.05, 4.69) is 19.6 Å². The molecule has 118 valence electrons. The second-order valence-corrected chi connectivity index (χ2v) is 7.59. The van der Waals surface area contributed by atoms with Gasteiger partial charge in [-0.25, -0.2) is 0 Å². The number of phenolic OH excluding ortho intramolecular Hbond substituents is 1. The van der Waals surface area contributed by atoms with Gasteiger partial charge in [-0.05, 0) is 84.1 Å². The molecule has 0 spiro atoms. The Balaban J connectivity index is 0.000000960. The molecule has 1 aromatic rings. The van der Waals surface area contributed by atoms with E-state index in [1.54, 1.807) is 0 Å². The summed E-state index contributed by atoms with van der Waals surface area (Å²) in [4.78, 5) is 0. The first-order valence-electron chi connectivity index (χ1n) is 8.20. The van der Waals surface area contributed by atoms with Crippen LogP contribution in [0.15, 0.2) is 24.8 Å². The van der Waals surface area contributed by atoms with Crippen LogP contribution in [0.5, 0.6) is 5.75 Å². The third-order valence-electron chi connectivity index (χ3n) is 6.69. The fraction of sp³-hybridized carbons (Fsp3) is 0.579. The summed E-state index contributed by atoms with van der Waals surface area (Å²) in [6, 6.07) is 5.79. The van der Waals surface area contributed by atoms with E-state index >= 15 is 0 Å². The third-order valence-corrected chi connectivity index (χ3v) is 6.69. The van der Waals surface area contributed by atoms with Crippen LogP contribution in [0, 0.1) is 105 Å². The Labute approximate surface area is 210 Å². The van der Waals surface area contributed by atoms with Crippen molar-refractivity contribution in [1.82, 2.24) is 0 Å². The second-order valence-electron chi connectivity index (χ2n) is 7.59. The monoisotopic (exact) mass is 738 g/mol. The Kier molecular flexibility index (Phi) is 6.99. The molecule has 3 unspecified atom stereocenters. The van der Waals surface area contributed by atoms with E-state index in [1.807, 2.05) is 12.1 Å². The topological polar surface area (TPSA) is 40.5 Å². The molecule has 5 atom stereocenters. The molecule has 4 rings (SSSR count). The van der Waals surface area contributed by atoms with E-state index in [-0.39, 0.29) is 99.6 Å². The molecule has 2 nitrogen and oxygen atoms in total. The van der Waals surface area contributed by atoms with Crippen LogP contribution in [-0.2, 0) is 0 Å². The molecule has 2 N–H and O–H groups in total. The average Bonchev–Trinajstić information content (AvgIpc) is 2.76. The zero-order chi connectivity index (χ0) is 14.8. The van der Waals surface area contributed by atoms with Crippen molar-refractivity contribution in [3.05, 3.63) is 35.9 Å². The molecule has 0 aromatic heterocycles. The summed E-state index contributed by atoms with van der Waals surface area (Å²) in [7, 11) is 0. The third kappa shape index (κ3) is 3.32. The van der Waals surface area contributed by atoms with Crippen LogP contribution in [0.4, 0.5) is 0 Å². The minimum atomic E-state index is -0.127. The average molecular weight is 738 g/mol. The van der Waals surface area contributed by atoms with Crippen LogP contribution in [0.3, 0.4) is 0 Å². The van der Waals surface area contributed by atoms with Crippen LogP contribution < -0.4 is 0 Å². The van der Waals surface area contributed by atoms with Gasteiger partial charge in [-0.1, -0.05) is 19.6 Å². The van der Waals surface area contributed by atoms with Crippen LogP contribution in [0.1, 0.15) is 56.1 Å². The van der Waals surface area contributed by atoms with Gasteiger partial charge in [0.25, 0.3) is 0 Å². The van der Waals surface area contributed by atoms with Crippen LogP contribution >= 0.6 is 0 Å². The smallest absolute Gasteiger partial charge is 0.116 e. The number of aliphatic hydroxyl groups is 1. The molecule has 1 aromatic carbocycles. The van der Waals surface area contributed by atoms with Crippen LogP contribution in [-0.4, -0.2) is 16.3 Å². The van der Waals surface area contributed by atoms with Crippen LogP contribution in [0.2, 0.25) is 0 Å². The Bertz CT molecular complexity index is 615. The first kappa shape index (κ1) is 20.9. The van der Waals surface area contributed by atoms with Crippen LogP contribution in [0.25, 0.3) is 5.57 Å². The van der Waals surface area contributed by atoms with Gasteiger partial charge in [0.15, 0.2) is 0 Å². The molecule has 2 radical (unpaired) electrons. The predicted molar refractivity (Wildman–Crippen MR) is 84.1 cm³/mol. The Morgan fingerprint density at radius 2 is 1.91 bits per heavy atom. The molecule has 3 aliphatic rings. The van der Waals surface area contributed by atoms with Crippen molar-refractivity contribution in [1.29, 1.82) is 0 Å². The number of aromatic hydroxyl groups is 1. The maximum atomic E-state index is 10.4. The maximum Gasteiger partial charge on any atom is 0.116 e. The molecule has 2 saturated carbocycles. The van der Waals surface area contributed by atoms with Gasteiger partial charge in [-0.3, -0.25) is 0 Å². The molecule has 0 amide bonds. The zero-order valence-electron chi connectivity index (χ0n) is 13.8. The minimum Gasteiger partial charge on any atom is -0.508 e. The number of hydrogen-bond acceptors (Lipinski definition) is 2. The summed E-state index contributed by atoms with van der Waals surface area (Å²) in [6.45, 7) is 6.56. The quantitative estimate of drug-likeness (QED) is 0.422. The van der Waals surface area contributed by atoms with Gasteiger partial charge in [0.1, 0.15) is 5.75 Å². The van der Waals surface area contributed by atoms with Crippen molar-refractivity contribution in [3.63, 3.8) is 0 Å². The van der Waals surface area contributed by atoms with Crippen molar-refractivity contribution >= 4 is 5.57 Å². The van der Waals surface area contributed by atoms with Gasteiger partial charge in [0.05, 0.1) is 6.10 Å². The number of allylic oxidation sites excluding steroid dienone is 1. The second kappa shape index (κ2) is 7.69. The van der Waals surface area contributed by atoms with Crippen molar-refractivity contribution in [2.75, 3.05) is 0 Å². The van der Waals surface area contributed by atoms with Crippen molar-refractivity contribution in [2.45, 2.75) is 51.0 Å². The molecule has 2 fully saturated rings. The fourth-order valence-corrected chi connectivity index (χ4v) is 5.50. The number of benzene rings is 1. The van der Waals surface area contributed by atoms with E-state index in [0.29, 0.717) is 23.5 Å². The van der Waals surface area contributed by atoms with Gasteiger partial charge in [0, 0.05) is 88.1 Å².